The predicted octanol–water partition coefficient (Wildman–Crippen LogP) is 21.8. The fourth-order valence-electron chi connectivity index (χ4n) is 9.83. The second-order valence-electron chi connectivity index (χ2n) is 22.0. The van der Waals surface area contributed by atoms with Crippen LogP contribution in [0.5, 0.6) is 0 Å². The van der Waals surface area contributed by atoms with E-state index in [9.17, 15) is 14.4 Å². The first-order valence-electron chi connectivity index (χ1n) is 32.3. The third-order valence-corrected chi connectivity index (χ3v) is 14.7. The number of hydrogen-bond acceptors (Lipinski definition) is 6. The third-order valence-electron chi connectivity index (χ3n) is 14.7. The largest absolute Gasteiger partial charge is 0.462 e. The van der Waals surface area contributed by atoms with E-state index in [-0.39, 0.29) is 31.1 Å². The maximum absolute atomic E-state index is 12.8. The van der Waals surface area contributed by atoms with Gasteiger partial charge in [0.25, 0.3) is 0 Å². The van der Waals surface area contributed by atoms with Crippen molar-refractivity contribution in [3.63, 3.8) is 0 Å². The molecule has 0 amide bonds. The van der Waals surface area contributed by atoms with Crippen LogP contribution in [0, 0.1) is 0 Å². The van der Waals surface area contributed by atoms with E-state index >= 15 is 0 Å². The fourth-order valence-corrected chi connectivity index (χ4v) is 9.83. The Morgan fingerprint density at radius 2 is 0.500 bits per heavy atom. The molecule has 6 nitrogen and oxygen atoms in total. The Bertz CT molecular complexity index is 1160. The molecule has 0 aliphatic carbocycles. The molecule has 0 fully saturated rings. The van der Waals surface area contributed by atoms with Crippen molar-refractivity contribution >= 4 is 17.9 Å². The van der Waals surface area contributed by atoms with Gasteiger partial charge in [-0.1, -0.05) is 315 Å². The Hall–Kier alpha value is -2.11. The Morgan fingerprint density at radius 3 is 0.778 bits per heavy atom. The van der Waals surface area contributed by atoms with E-state index in [0.29, 0.717) is 19.3 Å². The summed E-state index contributed by atoms with van der Waals surface area (Å²) in [6.45, 7) is 6.63. The lowest BCUT2D eigenvalue weighted by Gasteiger charge is -2.18. The lowest BCUT2D eigenvalue weighted by Crippen LogP contribution is -2.30. The third kappa shape index (κ3) is 58.8. The van der Waals surface area contributed by atoms with Gasteiger partial charge in [-0.15, -0.1) is 0 Å². The molecular formula is C66H124O6. The topological polar surface area (TPSA) is 78.9 Å². The minimum absolute atomic E-state index is 0.0696. The zero-order chi connectivity index (χ0) is 52.2. The van der Waals surface area contributed by atoms with Crippen LogP contribution >= 0.6 is 0 Å². The van der Waals surface area contributed by atoms with Crippen molar-refractivity contribution in [2.24, 2.45) is 0 Å². The van der Waals surface area contributed by atoms with Crippen LogP contribution in [-0.2, 0) is 28.6 Å². The van der Waals surface area contributed by atoms with E-state index in [2.05, 4.69) is 45.1 Å². The normalized spacial score (nSPS) is 12.1. The standard InChI is InChI=1S/C66H124O6/c1-4-7-10-13-16-18-20-22-24-26-28-29-30-31-32-33-34-35-36-37-38-40-41-43-45-47-50-53-56-59-65(68)71-62-63(61-70-64(67)58-55-52-49-15-12-9-6-3)72-66(69)60-57-54-51-48-46-44-42-39-27-25-23-21-19-17-14-11-8-5-2/h19,21,25,27,63H,4-18,20,22-24,26,28-62H2,1-3H3/b21-19-,27-25-. The number of allylic oxidation sites excluding steroid dienone is 4. The Labute approximate surface area is 449 Å². The maximum Gasteiger partial charge on any atom is 0.306 e. The summed E-state index contributed by atoms with van der Waals surface area (Å²) < 4.78 is 16.8. The number of unbranched alkanes of at least 4 members (excludes halogenated alkanes) is 45. The molecule has 0 saturated carbocycles. The molecule has 424 valence electrons. The summed E-state index contributed by atoms with van der Waals surface area (Å²) in [5, 5.41) is 0. The second kappa shape index (κ2) is 61.4. The summed E-state index contributed by atoms with van der Waals surface area (Å²) in [5.74, 6) is -0.862. The van der Waals surface area contributed by atoms with Crippen LogP contribution in [-0.4, -0.2) is 37.2 Å². The first-order valence-corrected chi connectivity index (χ1v) is 32.3. The summed E-state index contributed by atoms with van der Waals surface area (Å²) in [6.07, 6.45) is 73.7. The van der Waals surface area contributed by atoms with Crippen molar-refractivity contribution in [2.45, 2.75) is 367 Å². The van der Waals surface area contributed by atoms with Crippen molar-refractivity contribution < 1.29 is 28.6 Å². The minimum atomic E-state index is -0.770. The molecule has 0 rings (SSSR count). The molecule has 0 heterocycles. The van der Waals surface area contributed by atoms with E-state index in [0.717, 1.165) is 70.6 Å². The van der Waals surface area contributed by atoms with Gasteiger partial charge >= 0.3 is 17.9 Å². The summed E-state index contributed by atoms with van der Waals surface area (Å²) >= 11 is 0. The second-order valence-corrected chi connectivity index (χ2v) is 22.0. The van der Waals surface area contributed by atoms with Gasteiger partial charge in [0.2, 0.25) is 0 Å². The molecule has 0 aromatic heterocycles. The van der Waals surface area contributed by atoms with Crippen LogP contribution in [0.1, 0.15) is 361 Å². The number of carbonyl (C=O) groups is 3. The zero-order valence-corrected chi connectivity index (χ0v) is 48.7. The van der Waals surface area contributed by atoms with Gasteiger partial charge in [-0.25, -0.2) is 0 Å². The Kier molecular flexibility index (Phi) is 59.6. The van der Waals surface area contributed by atoms with E-state index < -0.39 is 6.10 Å². The van der Waals surface area contributed by atoms with Gasteiger partial charge in [0, 0.05) is 19.3 Å². The van der Waals surface area contributed by atoms with Crippen molar-refractivity contribution in [1.82, 2.24) is 0 Å². The van der Waals surface area contributed by atoms with Gasteiger partial charge in [0.15, 0.2) is 6.10 Å². The summed E-state index contributed by atoms with van der Waals surface area (Å²) in [7, 11) is 0. The lowest BCUT2D eigenvalue weighted by molar-refractivity contribution is -0.167. The monoisotopic (exact) mass is 1010 g/mol. The molecule has 0 aliphatic rings. The first kappa shape index (κ1) is 69.9. The average molecular weight is 1010 g/mol. The van der Waals surface area contributed by atoms with Crippen molar-refractivity contribution in [3.05, 3.63) is 24.3 Å². The van der Waals surface area contributed by atoms with Crippen LogP contribution in [0.4, 0.5) is 0 Å². The molecule has 0 aromatic carbocycles. The van der Waals surface area contributed by atoms with Crippen LogP contribution in [0.25, 0.3) is 0 Å². The Balaban J connectivity index is 4.02. The van der Waals surface area contributed by atoms with Crippen molar-refractivity contribution in [1.29, 1.82) is 0 Å². The first-order chi connectivity index (χ1) is 35.5. The molecule has 0 aliphatic heterocycles. The highest BCUT2D eigenvalue weighted by Crippen LogP contribution is 2.18. The molecule has 1 unspecified atom stereocenters. The molecule has 0 radical (unpaired) electrons. The molecule has 0 aromatic rings. The summed E-state index contributed by atoms with van der Waals surface area (Å²) in [4.78, 5) is 38.0. The molecule has 1 atom stereocenters. The molecule has 72 heavy (non-hydrogen) atoms. The molecule has 0 spiro atoms. The van der Waals surface area contributed by atoms with Gasteiger partial charge in [0.1, 0.15) is 13.2 Å². The van der Waals surface area contributed by atoms with Gasteiger partial charge < -0.3 is 14.2 Å². The zero-order valence-electron chi connectivity index (χ0n) is 48.7. The predicted molar refractivity (Wildman–Crippen MR) is 312 cm³/mol. The minimum Gasteiger partial charge on any atom is -0.462 e. The van der Waals surface area contributed by atoms with Crippen LogP contribution < -0.4 is 0 Å². The highest BCUT2D eigenvalue weighted by molar-refractivity contribution is 5.71. The molecular weight excluding hydrogens is 889 g/mol. The van der Waals surface area contributed by atoms with Crippen LogP contribution in [0.15, 0.2) is 24.3 Å². The smallest absolute Gasteiger partial charge is 0.306 e. The highest BCUT2D eigenvalue weighted by atomic mass is 16.6. The van der Waals surface area contributed by atoms with Gasteiger partial charge in [-0.05, 0) is 51.4 Å². The lowest BCUT2D eigenvalue weighted by atomic mass is 10.0. The highest BCUT2D eigenvalue weighted by Gasteiger charge is 2.19. The maximum atomic E-state index is 12.8. The SMILES string of the molecule is CCCCCC/C=C\C/C=C\CCCCCCCCCC(=O)OC(COC(=O)CCCCCCCCC)COC(=O)CCCCCCCCCCCCCCCCCCCCCCCCCCCCCCC. The van der Waals surface area contributed by atoms with E-state index in [1.165, 1.54) is 250 Å². The fraction of sp³-hybridized carbons (Fsp3) is 0.894. The Morgan fingerprint density at radius 1 is 0.278 bits per heavy atom. The number of carbonyl (C=O) groups excluding carboxylic acids is 3. The number of esters is 3. The molecule has 0 N–H and O–H groups in total. The number of rotatable bonds is 60. The van der Waals surface area contributed by atoms with Gasteiger partial charge in [-0.3, -0.25) is 14.4 Å². The summed E-state index contributed by atoms with van der Waals surface area (Å²) in [5.41, 5.74) is 0. The van der Waals surface area contributed by atoms with Gasteiger partial charge in [-0.2, -0.15) is 0 Å². The molecule has 0 bridgehead atoms. The van der Waals surface area contributed by atoms with Crippen LogP contribution in [0.2, 0.25) is 0 Å². The van der Waals surface area contributed by atoms with Crippen molar-refractivity contribution in [2.75, 3.05) is 13.2 Å². The summed E-state index contributed by atoms with van der Waals surface area (Å²) in [6, 6.07) is 0. The van der Waals surface area contributed by atoms with E-state index in [1.54, 1.807) is 0 Å². The number of hydrogen-bond donors (Lipinski definition) is 0. The number of ether oxygens (including phenoxy) is 3. The van der Waals surface area contributed by atoms with E-state index in [4.69, 9.17) is 14.2 Å². The van der Waals surface area contributed by atoms with Gasteiger partial charge in [0.05, 0.1) is 0 Å². The van der Waals surface area contributed by atoms with Crippen molar-refractivity contribution in [3.8, 4) is 0 Å². The molecule has 6 heteroatoms. The molecule has 0 saturated heterocycles. The van der Waals surface area contributed by atoms with Crippen LogP contribution in [0.3, 0.4) is 0 Å². The average Bonchev–Trinajstić information content (AvgIpc) is 3.38. The van der Waals surface area contributed by atoms with E-state index in [1.807, 2.05) is 0 Å². The quantitative estimate of drug-likeness (QED) is 0.0261.